The number of nitrogens with one attached hydrogen (secondary N) is 1. The van der Waals surface area contributed by atoms with E-state index >= 15 is 0 Å². The van der Waals surface area contributed by atoms with Crippen molar-refractivity contribution in [3.63, 3.8) is 0 Å². The highest BCUT2D eigenvalue weighted by atomic mass is 32.1. The van der Waals surface area contributed by atoms with E-state index in [4.69, 9.17) is 4.74 Å². The fourth-order valence-corrected chi connectivity index (χ4v) is 4.38. The molecule has 0 unspecified atom stereocenters. The van der Waals surface area contributed by atoms with Crippen molar-refractivity contribution in [3.05, 3.63) is 51.5 Å². The molecule has 128 valence electrons. The number of ether oxygens (including phenoxy) is 1. The van der Waals surface area contributed by atoms with Gasteiger partial charge in [-0.05, 0) is 41.1 Å². The Morgan fingerprint density at radius 3 is 2.68 bits per heavy atom. The Bertz CT molecular complexity index is 912. The van der Waals surface area contributed by atoms with Gasteiger partial charge in [-0.2, -0.15) is 0 Å². The van der Waals surface area contributed by atoms with Crippen LogP contribution in [-0.2, 0) is 4.74 Å². The summed E-state index contributed by atoms with van der Waals surface area (Å²) in [7, 11) is 0. The van der Waals surface area contributed by atoms with E-state index < -0.39 is 0 Å². The molecule has 2 aromatic heterocycles. The summed E-state index contributed by atoms with van der Waals surface area (Å²) in [5, 5.41) is 5.74. The van der Waals surface area contributed by atoms with E-state index in [0.29, 0.717) is 31.2 Å². The summed E-state index contributed by atoms with van der Waals surface area (Å²) in [6.07, 6.45) is 0. The number of morpholine rings is 1. The molecular weight excluding hydrogens is 356 g/mol. The predicted octanol–water partition coefficient (Wildman–Crippen LogP) is 3.69. The third kappa shape index (κ3) is 3.44. The Balaban J connectivity index is 1.54. The van der Waals surface area contributed by atoms with Gasteiger partial charge in [0.05, 0.1) is 23.0 Å². The summed E-state index contributed by atoms with van der Waals surface area (Å²) in [5.41, 5.74) is 0.731. The molecule has 0 radical (unpaired) electrons. The molecule has 1 aliphatic rings. The minimum atomic E-state index is -0.116. The lowest BCUT2D eigenvalue weighted by Crippen LogP contribution is -2.40. The van der Waals surface area contributed by atoms with Crippen molar-refractivity contribution in [3.8, 4) is 0 Å². The first-order valence-electron chi connectivity index (χ1n) is 7.96. The van der Waals surface area contributed by atoms with Crippen LogP contribution < -0.4 is 5.32 Å². The molecule has 1 aromatic carbocycles. The number of hydrogen-bond donors (Lipinski definition) is 1. The van der Waals surface area contributed by atoms with Crippen LogP contribution in [0.1, 0.15) is 19.3 Å². The highest BCUT2D eigenvalue weighted by molar-refractivity contribution is 7.20. The molecule has 7 heteroatoms. The molecule has 3 heterocycles. The zero-order valence-electron chi connectivity index (χ0n) is 13.4. The van der Waals surface area contributed by atoms with E-state index in [0.717, 1.165) is 20.7 Å². The Labute approximate surface area is 152 Å². The molecule has 0 saturated carbocycles. The number of carbonyl (C=O) groups is 2. The van der Waals surface area contributed by atoms with Crippen LogP contribution >= 0.6 is 22.7 Å². The van der Waals surface area contributed by atoms with Gasteiger partial charge in [0.15, 0.2) is 0 Å². The summed E-state index contributed by atoms with van der Waals surface area (Å²) >= 11 is 2.89. The summed E-state index contributed by atoms with van der Waals surface area (Å²) in [4.78, 5) is 28.0. The van der Waals surface area contributed by atoms with Gasteiger partial charge in [-0.15, -0.1) is 22.7 Å². The van der Waals surface area contributed by atoms with Gasteiger partial charge in [-0.25, -0.2) is 0 Å². The number of thiophene rings is 2. The first-order valence-corrected chi connectivity index (χ1v) is 9.66. The molecule has 0 atom stereocenters. The van der Waals surface area contributed by atoms with Gasteiger partial charge in [0.25, 0.3) is 11.8 Å². The summed E-state index contributed by atoms with van der Waals surface area (Å²) in [6.45, 7) is 2.45. The lowest BCUT2D eigenvalue weighted by Gasteiger charge is -2.26. The second-order valence-electron chi connectivity index (χ2n) is 5.70. The van der Waals surface area contributed by atoms with Crippen molar-refractivity contribution >= 4 is 50.3 Å². The van der Waals surface area contributed by atoms with Crippen molar-refractivity contribution in [2.24, 2.45) is 0 Å². The molecule has 0 bridgehead atoms. The van der Waals surface area contributed by atoms with Crippen LogP contribution in [-0.4, -0.2) is 43.0 Å². The second-order valence-corrected chi connectivity index (χ2v) is 7.73. The van der Waals surface area contributed by atoms with Gasteiger partial charge >= 0.3 is 0 Å². The molecule has 1 aliphatic heterocycles. The third-order valence-corrected chi connectivity index (χ3v) is 6.00. The minimum absolute atomic E-state index is 0.0497. The Morgan fingerprint density at radius 1 is 1.08 bits per heavy atom. The lowest BCUT2D eigenvalue weighted by molar-refractivity contribution is 0.0306. The van der Waals surface area contributed by atoms with Gasteiger partial charge in [0.2, 0.25) is 0 Å². The standard InChI is InChI=1S/C18H16N2O3S2/c21-17(15-2-1-9-24-15)19-13-3-4-14-12(10-13)11-16(25-14)18(22)20-5-7-23-8-6-20/h1-4,9-11H,5-8H2,(H,19,21). The van der Waals surface area contributed by atoms with E-state index in [9.17, 15) is 9.59 Å². The van der Waals surface area contributed by atoms with Crippen molar-refractivity contribution < 1.29 is 14.3 Å². The van der Waals surface area contributed by atoms with E-state index in [-0.39, 0.29) is 11.8 Å². The number of fused-ring (bicyclic) bond motifs is 1. The number of hydrogen-bond acceptors (Lipinski definition) is 5. The smallest absolute Gasteiger partial charge is 0.265 e. The van der Waals surface area contributed by atoms with Gasteiger partial charge in [0, 0.05) is 23.5 Å². The van der Waals surface area contributed by atoms with Crippen LogP contribution in [0.3, 0.4) is 0 Å². The normalized spacial score (nSPS) is 14.6. The number of anilines is 1. The number of carbonyl (C=O) groups excluding carboxylic acids is 2. The molecule has 3 aromatic rings. The number of benzene rings is 1. The van der Waals surface area contributed by atoms with Crippen molar-refractivity contribution in [2.75, 3.05) is 31.6 Å². The van der Waals surface area contributed by atoms with Gasteiger partial charge in [0.1, 0.15) is 0 Å². The van der Waals surface area contributed by atoms with E-state index in [1.807, 2.05) is 40.6 Å². The first kappa shape index (κ1) is 16.3. The molecule has 0 spiro atoms. The monoisotopic (exact) mass is 372 g/mol. The SMILES string of the molecule is O=C(Nc1ccc2sc(C(=O)N3CCOCC3)cc2c1)c1cccs1. The van der Waals surface area contributed by atoms with Crippen LogP contribution in [0.15, 0.2) is 41.8 Å². The zero-order chi connectivity index (χ0) is 17.2. The number of rotatable bonds is 3. The fraction of sp³-hybridized carbons (Fsp3) is 0.222. The molecule has 2 amide bonds. The lowest BCUT2D eigenvalue weighted by atomic mass is 10.2. The van der Waals surface area contributed by atoms with Gasteiger partial charge in [-0.1, -0.05) is 6.07 Å². The molecule has 4 rings (SSSR count). The van der Waals surface area contributed by atoms with E-state index in [1.165, 1.54) is 22.7 Å². The molecular formula is C18H16N2O3S2. The molecule has 1 saturated heterocycles. The average Bonchev–Trinajstić information content (AvgIpc) is 3.31. The van der Waals surface area contributed by atoms with Gasteiger partial charge in [-0.3, -0.25) is 9.59 Å². The van der Waals surface area contributed by atoms with Gasteiger partial charge < -0.3 is 15.0 Å². The maximum atomic E-state index is 12.6. The summed E-state index contributed by atoms with van der Waals surface area (Å²) in [5.74, 6) is -0.0668. The third-order valence-electron chi connectivity index (χ3n) is 4.03. The highest BCUT2D eigenvalue weighted by Gasteiger charge is 2.20. The Kier molecular flexibility index (Phi) is 4.52. The van der Waals surface area contributed by atoms with Crippen LogP contribution in [0.2, 0.25) is 0 Å². The second kappa shape index (κ2) is 6.95. The molecule has 25 heavy (non-hydrogen) atoms. The topological polar surface area (TPSA) is 58.6 Å². The quantitative estimate of drug-likeness (QED) is 0.763. The fourth-order valence-electron chi connectivity index (χ4n) is 2.75. The highest BCUT2D eigenvalue weighted by Crippen LogP contribution is 2.29. The molecule has 0 aliphatic carbocycles. The predicted molar refractivity (Wildman–Crippen MR) is 101 cm³/mol. The molecule has 1 N–H and O–H groups in total. The van der Waals surface area contributed by atoms with Crippen molar-refractivity contribution in [1.29, 1.82) is 0 Å². The minimum Gasteiger partial charge on any atom is -0.378 e. The first-order chi connectivity index (χ1) is 12.2. The van der Waals surface area contributed by atoms with E-state index in [2.05, 4.69) is 5.32 Å². The number of nitrogens with zero attached hydrogens (tertiary/aromatic N) is 1. The van der Waals surface area contributed by atoms with Crippen LogP contribution in [0.4, 0.5) is 5.69 Å². The average molecular weight is 372 g/mol. The van der Waals surface area contributed by atoms with Crippen LogP contribution in [0.25, 0.3) is 10.1 Å². The largest absolute Gasteiger partial charge is 0.378 e. The van der Waals surface area contributed by atoms with Crippen LogP contribution in [0, 0.1) is 0 Å². The maximum Gasteiger partial charge on any atom is 0.265 e. The Hall–Kier alpha value is -2.22. The van der Waals surface area contributed by atoms with E-state index in [1.54, 1.807) is 6.07 Å². The maximum absolute atomic E-state index is 12.6. The molecule has 5 nitrogen and oxygen atoms in total. The molecule has 1 fully saturated rings. The summed E-state index contributed by atoms with van der Waals surface area (Å²) in [6, 6.07) is 11.3. The zero-order valence-corrected chi connectivity index (χ0v) is 15.0. The van der Waals surface area contributed by atoms with Crippen molar-refractivity contribution in [1.82, 2.24) is 4.90 Å². The Morgan fingerprint density at radius 2 is 1.92 bits per heavy atom. The van der Waals surface area contributed by atoms with Crippen molar-refractivity contribution in [2.45, 2.75) is 0 Å². The van der Waals surface area contributed by atoms with Crippen LogP contribution in [0.5, 0.6) is 0 Å². The number of amides is 2. The summed E-state index contributed by atoms with van der Waals surface area (Å²) < 4.78 is 6.33.